The Labute approximate surface area is 212 Å². The number of carbonyl (C=O) groups excluding carboxylic acids is 1. The monoisotopic (exact) mass is 490 g/mol. The van der Waals surface area contributed by atoms with Gasteiger partial charge in [-0.15, -0.1) is 0 Å². The number of hydrogen-bond acceptors (Lipinski definition) is 5. The van der Waals surface area contributed by atoms with Gasteiger partial charge in [0.1, 0.15) is 0 Å². The molecule has 0 saturated heterocycles. The maximum Gasteiger partial charge on any atom is 0.302 e. The van der Waals surface area contributed by atoms with Crippen LogP contribution in [0.15, 0.2) is 12.2 Å². The van der Waals surface area contributed by atoms with Crippen molar-refractivity contribution in [3.8, 4) is 0 Å². The molecule has 200 valence electrons. The van der Waals surface area contributed by atoms with Crippen molar-refractivity contribution in [1.29, 1.82) is 0 Å². The number of aliphatic hydroxyl groups excluding tert-OH is 2. The van der Waals surface area contributed by atoms with Crippen LogP contribution in [0.1, 0.15) is 98.8 Å². The van der Waals surface area contributed by atoms with Crippen LogP contribution in [0.25, 0.3) is 0 Å². The lowest BCUT2D eigenvalue weighted by molar-refractivity contribution is -0.264. The van der Waals surface area contributed by atoms with Crippen LogP contribution in [0.3, 0.4) is 0 Å². The normalized spacial score (nSPS) is 46.6. The average Bonchev–Trinajstić information content (AvgIpc) is 3.15. The summed E-state index contributed by atoms with van der Waals surface area (Å²) in [4.78, 5) is 11.1. The zero-order valence-electron chi connectivity index (χ0n) is 22.8. The summed E-state index contributed by atoms with van der Waals surface area (Å²) in [5, 5.41) is 33.2. The lowest BCUT2D eigenvalue weighted by Crippen LogP contribution is -2.68. The van der Waals surface area contributed by atoms with Crippen molar-refractivity contribution < 1.29 is 24.9 Å². The molecule has 0 spiro atoms. The maximum atomic E-state index is 11.7. The molecule has 0 bridgehead atoms. The molecule has 0 aromatic rings. The van der Waals surface area contributed by atoms with Gasteiger partial charge in [-0.05, 0) is 92.8 Å². The van der Waals surface area contributed by atoms with E-state index in [1.807, 2.05) is 0 Å². The molecule has 5 heteroatoms. The van der Waals surface area contributed by atoms with Crippen LogP contribution < -0.4 is 0 Å². The highest BCUT2D eigenvalue weighted by molar-refractivity contribution is 5.65. The fourth-order valence-electron chi connectivity index (χ4n) is 9.46. The summed E-state index contributed by atoms with van der Waals surface area (Å²) in [6.07, 6.45) is 8.15. The smallest absolute Gasteiger partial charge is 0.302 e. The molecule has 0 heterocycles. The SMILES string of the molecule is C=C(CCC(C)C1CCC2C3CC(O)C4(O)CC(O)CCC4(C)C3CCC12C)C(C)COC(C)=O. The first kappa shape index (κ1) is 27.1. The molecule has 0 aliphatic heterocycles. The molecule has 5 nitrogen and oxygen atoms in total. The fourth-order valence-corrected chi connectivity index (χ4v) is 9.46. The van der Waals surface area contributed by atoms with Crippen LogP contribution in [-0.2, 0) is 9.53 Å². The number of aliphatic hydroxyl groups is 3. The third kappa shape index (κ3) is 4.52. The molecule has 4 rings (SSSR count). The number of hydrogen-bond donors (Lipinski definition) is 3. The summed E-state index contributed by atoms with van der Waals surface area (Å²) in [6, 6.07) is 0. The van der Waals surface area contributed by atoms with E-state index in [1.165, 1.54) is 31.8 Å². The molecule has 11 unspecified atom stereocenters. The second kappa shape index (κ2) is 9.76. The van der Waals surface area contributed by atoms with Crippen molar-refractivity contribution in [2.24, 2.45) is 46.3 Å². The third-order valence-corrected chi connectivity index (χ3v) is 11.7. The fraction of sp³-hybridized carbons (Fsp3) is 0.900. The van der Waals surface area contributed by atoms with Gasteiger partial charge in [0.2, 0.25) is 0 Å². The Morgan fingerprint density at radius 2 is 1.80 bits per heavy atom. The molecule has 4 fully saturated rings. The van der Waals surface area contributed by atoms with E-state index in [9.17, 15) is 20.1 Å². The van der Waals surface area contributed by atoms with Gasteiger partial charge in [-0.1, -0.05) is 39.8 Å². The number of carbonyl (C=O) groups is 1. The van der Waals surface area contributed by atoms with Crippen molar-refractivity contribution in [2.75, 3.05) is 6.61 Å². The molecule has 35 heavy (non-hydrogen) atoms. The van der Waals surface area contributed by atoms with Crippen molar-refractivity contribution in [2.45, 2.75) is 117 Å². The Morgan fingerprint density at radius 3 is 2.49 bits per heavy atom. The first-order valence-corrected chi connectivity index (χ1v) is 14.2. The van der Waals surface area contributed by atoms with E-state index in [2.05, 4.69) is 34.3 Å². The molecule has 0 aromatic heterocycles. The van der Waals surface area contributed by atoms with Crippen LogP contribution in [0.2, 0.25) is 0 Å². The molecular weight excluding hydrogens is 440 g/mol. The summed E-state index contributed by atoms with van der Waals surface area (Å²) in [7, 11) is 0. The Bertz CT molecular complexity index is 811. The van der Waals surface area contributed by atoms with E-state index in [0.29, 0.717) is 49.0 Å². The van der Waals surface area contributed by atoms with E-state index < -0.39 is 17.8 Å². The number of ether oxygens (including phenoxy) is 1. The van der Waals surface area contributed by atoms with Gasteiger partial charge in [-0.2, -0.15) is 0 Å². The van der Waals surface area contributed by atoms with Gasteiger partial charge >= 0.3 is 5.97 Å². The van der Waals surface area contributed by atoms with E-state index in [4.69, 9.17) is 4.74 Å². The molecule has 0 radical (unpaired) electrons. The lowest BCUT2D eigenvalue weighted by atomic mass is 9.42. The Kier molecular flexibility index (Phi) is 7.57. The van der Waals surface area contributed by atoms with E-state index in [0.717, 1.165) is 32.1 Å². The van der Waals surface area contributed by atoms with Crippen LogP contribution in [0.4, 0.5) is 0 Å². The minimum Gasteiger partial charge on any atom is -0.465 e. The highest BCUT2D eigenvalue weighted by Crippen LogP contribution is 2.69. The summed E-state index contributed by atoms with van der Waals surface area (Å²) in [6.45, 7) is 15.4. The first-order chi connectivity index (χ1) is 16.3. The second-order valence-corrected chi connectivity index (χ2v) is 13.5. The molecule has 0 amide bonds. The van der Waals surface area contributed by atoms with Crippen LogP contribution in [0.5, 0.6) is 0 Å². The zero-order valence-corrected chi connectivity index (χ0v) is 22.8. The summed E-state index contributed by atoms with van der Waals surface area (Å²) >= 11 is 0. The van der Waals surface area contributed by atoms with E-state index in [-0.39, 0.29) is 22.7 Å². The Hall–Kier alpha value is -0.910. The van der Waals surface area contributed by atoms with Crippen LogP contribution in [0, 0.1) is 46.3 Å². The lowest BCUT2D eigenvalue weighted by Gasteiger charge is -2.65. The highest BCUT2D eigenvalue weighted by atomic mass is 16.5. The number of rotatable bonds is 7. The molecular formula is C30H50O5. The van der Waals surface area contributed by atoms with Gasteiger partial charge in [0.05, 0.1) is 24.4 Å². The molecule has 11 atom stereocenters. The highest BCUT2D eigenvalue weighted by Gasteiger charge is 2.67. The summed E-state index contributed by atoms with van der Waals surface area (Å²) < 4.78 is 5.18. The van der Waals surface area contributed by atoms with E-state index in [1.54, 1.807) is 0 Å². The number of esters is 1. The average molecular weight is 491 g/mol. The van der Waals surface area contributed by atoms with Gasteiger partial charge in [-0.3, -0.25) is 4.79 Å². The molecule has 0 aromatic carbocycles. The topological polar surface area (TPSA) is 87.0 Å². The predicted octanol–water partition coefficient (Wildman–Crippen LogP) is 5.26. The van der Waals surface area contributed by atoms with Crippen molar-refractivity contribution in [1.82, 2.24) is 0 Å². The minimum absolute atomic E-state index is 0.186. The van der Waals surface area contributed by atoms with Crippen molar-refractivity contribution in [3.05, 3.63) is 12.2 Å². The van der Waals surface area contributed by atoms with Crippen LogP contribution in [-0.4, -0.2) is 45.7 Å². The van der Waals surface area contributed by atoms with Gasteiger partial charge < -0.3 is 20.1 Å². The zero-order chi connectivity index (χ0) is 25.8. The Balaban J connectivity index is 1.43. The van der Waals surface area contributed by atoms with Crippen molar-refractivity contribution >= 4 is 5.97 Å². The largest absolute Gasteiger partial charge is 0.465 e. The minimum atomic E-state index is -1.16. The predicted molar refractivity (Wildman–Crippen MR) is 137 cm³/mol. The third-order valence-electron chi connectivity index (χ3n) is 11.7. The van der Waals surface area contributed by atoms with Gasteiger partial charge in [0.25, 0.3) is 0 Å². The van der Waals surface area contributed by atoms with Crippen molar-refractivity contribution in [3.63, 3.8) is 0 Å². The first-order valence-electron chi connectivity index (χ1n) is 14.2. The standard InChI is InChI=1S/C30H50O5/c1-18(20(3)17-35-21(4)31)7-8-19(2)24-9-10-25-23-15-27(33)30(34)16-22(32)11-14-29(30,6)26(23)12-13-28(24,25)5/h19-20,22-27,32-34H,1,7-17H2,2-6H3. The van der Waals surface area contributed by atoms with Crippen LogP contribution >= 0.6 is 0 Å². The summed E-state index contributed by atoms with van der Waals surface area (Å²) in [5.74, 6) is 2.71. The maximum absolute atomic E-state index is 11.7. The second-order valence-electron chi connectivity index (χ2n) is 13.5. The van der Waals surface area contributed by atoms with E-state index >= 15 is 0 Å². The Morgan fingerprint density at radius 1 is 1.09 bits per heavy atom. The number of fused-ring (bicyclic) bond motifs is 5. The van der Waals surface area contributed by atoms with Gasteiger partial charge in [0.15, 0.2) is 0 Å². The molecule has 4 saturated carbocycles. The summed E-state index contributed by atoms with van der Waals surface area (Å²) in [5.41, 5.74) is -0.0161. The molecule has 4 aliphatic rings. The van der Waals surface area contributed by atoms with Gasteiger partial charge in [0, 0.05) is 24.7 Å². The quantitative estimate of drug-likeness (QED) is 0.335. The molecule has 3 N–H and O–H groups in total. The van der Waals surface area contributed by atoms with Gasteiger partial charge in [-0.25, -0.2) is 0 Å². The molecule has 4 aliphatic carbocycles.